The van der Waals surface area contributed by atoms with E-state index in [4.69, 9.17) is 9.47 Å². The van der Waals surface area contributed by atoms with Crippen molar-refractivity contribution in [3.63, 3.8) is 0 Å². The van der Waals surface area contributed by atoms with E-state index in [2.05, 4.69) is 25.8 Å². The lowest BCUT2D eigenvalue weighted by molar-refractivity contribution is -0.119. The van der Waals surface area contributed by atoms with Crippen molar-refractivity contribution < 1.29 is 33.4 Å². The van der Waals surface area contributed by atoms with E-state index in [0.717, 1.165) is 5.69 Å². The highest BCUT2D eigenvalue weighted by Crippen LogP contribution is 2.56. The number of ether oxygens (including phenoxy) is 2. The molecule has 0 saturated heterocycles. The van der Waals surface area contributed by atoms with E-state index in [0.29, 0.717) is 57.1 Å². The second-order valence-corrected chi connectivity index (χ2v) is 13.5. The fourth-order valence-electron chi connectivity index (χ4n) is 6.71. The molecule has 1 aliphatic carbocycles. The van der Waals surface area contributed by atoms with Gasteiger partial charge in [-0.3, -0.25) is 19.2 Å². The molecule has 2 N–H and O–H groups in total. The first-order valence-corrected chi connectivity index (χ1v) is 17.0. The van der Waals surface area contributed by atoms with Gasteiger partial charge in [-0.15, -0.1) is 5.10 Å². The second kappa shape index (κ2) is 13.6. The Morgan fingerprint density at radius 1 is 1.04 bits per heavy atom. The lowest BCUT2D eigenvalue weighted by Crippen LogP contribution is -2.39. The zero-order valence-corrected chi connectivity index (χ0v) is 29.7. The Labute approximate surface area is 305 Å². The number of aldehydes is 1. The van der Waals surface area contributed by atoms with Crippen molar-refractivity contribution in [3.05, 3.63) is 124 Å². The number of aromatic nitrogens is 3. The molecule has 2 aliphatic heterocycles. The molecule has 0 fully saturated rings. The largest absolute Gasteiger partial charge is 0.457 e. The van der Waals surface area contributed by atoms with Crippen LogP contribution in [0.3, 0.4) is 0 Å². The molecule has 3 unspecified atom stereocenters. The number of hydrogen-bond donors (Lipinski definition) is 2. The van der Waals surface area contributed by atoms with Crippen LogP contribution in [-0.4, -0.2) is 84.0 Å². The number of nitrogens with zero attached hydrogens (tertiary/aromatic N) is 5. The lowest BCUT2D eigenvalue weighted by atomic mass is 9.74. The Morgan fingerprint density at radius 2 is 1.85 bits per heavy atom. The van der Waals surface area contributed by atoms with Crippen LogP contribution in [0.5, 0.6) is 5.75 Å². The van der Waals surface area contributed by atoms with Crippen LogP contribution in [0.4, 0.5) is 11.4 Å². The molecule has 3 atom stereocenters. The number of fused-ring (bicyclic) bond motifs is 6. The van der Waals surface area contributed by atoms with E-state index in [-0.39, 0.29) is 24.4 Å². The van der Waals surface area contributed by atoms with Crippen LogP contribution in [-0.2, 0) is 26.5 Å². The molecule has 0 radical (unpaired) electrons. The van der Waals surface area contributed by atoms with Gasteiger partial charge in [-0.2, -0.15) is 0 Å². The number of carbonyl (C=O) groups is 5. The second-order valence-electron chi connectivity index (χ2n) is 13.5. The quantitative estimate of drug-likeness (QED) is 0.106. The maximum Gasteiger partial charge on any atom is 0.340 e. The number of carbonyl (C=O) groups excluding carboxylic acids is 5. The zero-order valence-electron chi connectivity index (χ0n) is 29.7. The third-order valence-corrected chi connectivity index (χ3v) is 9.71. The first kappa shape index (κ1) is 35.0. The predicted octanol–water partition coefficient (Wildman–Crippen LogP) is 3.81. The standard InChI is InChI=1S/C39H37N7O7/c1-22(36(49)41-25-8-6-7-23(15-25)33(48)21-47)46-20-26(42-43-46)19-40-37(50)24-9-12-29-32(16-24)39(53-38(29)51)30-13-10-27(44(2)3)17-34(30)52-35-18-28(45(4)5)11-14-31(35)39/h6-10,12-18,20-22,28H,11,19H2,1-5H3,(H,40,50)(H,41,49). The number of anilines is 2. The summed E-state index contributed by atoms with van der Waals surface area (Å²) in [6.45, 7) is 1.63. The van der Waals surface area contributed by atoms with Crippen molar-refractivity contribution in [1.29, 1.82) is 0 Å². The fraction of sp³-hybridized carbons (Fsp3) is 0.256. The van der Waals surface area contributed by atoms with Gasteiger partial charge in [0.2, 0.25) is 11.7 Å². The molecule has 7 rings (SSSR count). The summed E-state index contributed by atoms with van der Waals surface area (Å²) in [5, 5.41) is 13.8. The summed E-state index contributed by atoms with van der Waals surface area (Å²) in [5.41, 5.74) is 3.08. The molecule has 270 valence electrons. The Bertz CT molecular complexity index is 2260. The smallest absolute Gasteiger partial charge is 0.340 e. The highest BCUT2D eigenvalue weighted by Gasteiger charge is 2.55. The van der Waals surface area contributed by atoms with Crippen molar-refractivity contribution >= 4 is 41.2 Å². The number of esters is 1. The molecule has 14 nitrogen and oxygen atoms in total. The number of amides is 2. The maximum atomic E-state index is 13.6. The van der Waals surface area contributed by atoms with Crippen LogP contribution in [0.2, 0.25) is 0 Å². The summed E-state index contributed by atoms with van der Waals surface area (Å²) in [7, 11) is 7.86. The number of Topliss-reactive ketones (excluding diaryl/α,β-unsaturated/α-hetero) is 1. The first-order valence-electron chi connectivity index (χ1n) is 17.0. The van der Waals surface area contributed by atoms with Crippen molar-refractivity contribution in [1.82, 2.24) is 25.2 Å². The maximum absolute atomic E-state index is 13.6. The van der Waals surface area contributed by atoms with Gasteiger partial charge in [0.05, 0.1) is 18.3 Å². The first-order chi connectivity index (χ1) is 25.4. The van der Waals surface area contributed by atoms with Gasteiger partial charge in [-0.05, 0) is 76.0 Å². The van der Waals surface area contributed by atoms with E-state index in [1.807, 2.05) is 63.4 Å². The van der Waals surface area contributed by atoms with Gasteiger partial charge in [0, 0.05) is 65.4 Å². The average Bonchev–Trinajstić information content (AvgIpc) is 3.75. The van der Waals surface area contributed by atoms with Gasteiger partial charge in [0.15, 0.2) is 11.9 Å². The summed E-state index contributed by atoms with van der Waals surface area (Å²) in [4.78, 5) is 66.7. The number of rotatable bonds is 10. The predicted molar refractivity (Wildman–Crippen MR) is 194 cm³/mol. The minimum absolute atomic E-state index is 0.00856. The van der Waals surface area contributed by atoms with Crippen molar-refractivity contribution in [2.24, 2.45) is 0 Å². The Balaban J connectivity index is 1.12. The lowest BCUT2D eigenvalue weighted by Gasteiger charge is -2.41. The van der Waals surface area contributed by atoms with Crippen LogP contribution in [0.25, 0.3) is 0 Å². The van der Waals surface area contributed by atoms with Crippen LogP contribution >= 0.6 is 0 Å². The summed E-state index contributed by atoms with van der Waals surface area (Å²) in [6.07, 6.45) is 6.52. The minimum Gasteiger partial charge on any atom is -0.457 e. The van der Waals surface area contributed by atoms with E-state index < -0.39 is 35.2 Å². The van der Waals surface area contributed by atoms with Gasteiger partial charge >= 0.3 is 5.97 Å². The molecule has 4 aromatic rings. The molecule has 3 aliphatic rings. The molecule has 3 aromatic carbocycles. The minimum atomic E-state index is -1.32. The monoisotopic (exact) mass is 715 g/mol. The normalized spacial score (nSPS) is 18.8. The summed E-state index contributed by atoms with van der Waals surface area (Å²) < 4.78 is 14.2. The van der Waals surface area contributed by atoms with Crippen molar-refractivity contribution in [3.8, 4) is 5.75 Å². The third kappa shape index (κ3) is 6.26. The van der Waals surface area contributed by atoms with E-state index in [9.17, 15) is 24.0 Å². The number of benzene rings is 3. The summed E-state index contributed by atoms with van der Waals surface area (Å²) in [5.74, 6) is -0.881. The van der Waals surface area contributed by atoms with Gasteiger partial charge in [0.25, 0.3) is 5.91 Å². The fourth-order valence-corrected chi connectivity index (χ4v) is 6.71. The number of nitrogens with one attached hydrogen (secondary N) is 2. The van der Waals surface area contributed by atoms with Crippen LogP contribution < -0.4 is 20.3 Å². The summed E-state index contributed by atoms with van der Waals surface area (Å²) in [6, 6.07) is 16.0. The van der Waals surface area contributed by atoms with Gasteiger partial charge < -0.3 is 29.9 Å². The molecule has 1 spiro atoms. The SMILES string of the molecule is CC(C(=O)Nc1cccc(C(=O)C=O)c1)n1cc(CNC(=O)c2ccc3c(c2)C2(OC3=O)C3=CCC(N(C)C)C=C3Oc3cc(N(C)C)ccc32)nn1. The molecule has 14 heteroatoms. The van der Waals surface area contributed by atoms with Crippen LogP contribution in [0, 0.1) is 0 Å². The van der Waals surface area contributed by atoms with Gasteiger partial charge in [-0.25, -0.2) is 9.48 Å². The molecule has 0 bridgehead atoms. The van der Waals surface area contributed by atoms with Crippen molar-refractivity contribution in [2.75, 3.05) is 38.4 Å². The Kier molecular flexibility index (Phi) is 9.00. The molecule has 1 aromatic heterocycles. The zero-order chi connectivity index (χ0) is 37.6. The highest BCUT2D eigenvalue weighted by atomic mass is 16.6. The third-order valence-electron chi connectivity index (χ3n) is 9.71. The molecular formula is C39H37N7O7. The van der Waals surface area contributed by atoms with Crippen molar-refractivity contribution in [2.45, 2.75) is 37.6 Å². The van der Waals surface area contributed by atoms with E-state index in [1.54, 1.807) is 43.5 Å². The van der Waals surface area contributed by atoms with E-state index in [1.165, 1.54) is 16.8 Å². The average molecular weight is 716 g/mol. The molecule has 2 amide bonds. The van der Waals surface area contributed by atoms with Gasteiger partial charge in [-0.1, -0.05) is 23.4 Å². The number of hydrogen-bond acceptors (Lipinski definition) is 11. The summed E-state index contributed by atoms with van der Waals surface area (Å²) >= 11 is 0. The topological polar surface area (TPSA) is 165 Å². The molecular weight excluding hydrogens is 678 g/mol. The highest BCUT2D eigenvalue weighted by molar-refractivity contribution is 6.33. The molecule has 0 saturated carbocycles. The number of likely N-dealkylation sites (N-methyl/N-ethyl adjacent to an activating group) is 1. The molecule has 3 heterocycles. The molecule has 53 heavy (non-hydrogen) atoms. The number of ketones is 1. The van der Waals surface area contributed by atoms with Crippen LogP contribution in [0.15, 0.2) is 90.3 Å². The van der Waals surface area contributed by atoms with Crippen LogP contribution in [0.1, 0.15) is 67.3 Å². The van der Waals surface area contributed by atoms with E-state index >= 15 is 0 Å². The Hall–Kier alpha value is -6.41. The van der Waals surface area contributed by atoms with Gasteiger partial charge in [0.1, 0.15) is 23.2 Å². The Morgan fingerprint density at radius 3 is 2.60 bits per heavy atom.